The third-order valence-corrected chi connectivity index (χ3v) is 6.12. The van der Waals surface area contributed by atoms with Gasteiger partial charge in [-0.2, -0.15) is 10.4 Å². The van der Waals surface area contributed by atoms with Crippen LogP contribution in [0.5, 0.6) is 0 Å². The largest absolute Gasteiger partial charge is 0.480 e. The van der Waals surface area contributed by atoms with E-state index in [9.17, 15) is 23.5 Å². The molecule has 7 nitrogen and oxygen atoms in total. The number of carbonyl (C=O) groups excluding carboxylic acids is 1. The standard InChI is InChI=1S/C28H18F2N4O3/c29-19-10-11-20(21(30)14-19)24-25(18-4-2-1-3-5-18)33-34-22(12-13-32-27(24)34)26(35)23(28(36)37)17-8-6-16(15-31)7-9-17/h1-14,22-23,32H,(H,36,37). The lowest BCUT2D eigenvalue weighted by Crippen LogP contribution is -2.31. The number of carboxylic acid groups (broad SMARTS) is 1. The molecule has 5 rings (SSSR count). The number of carboxylic acids is 1. The van der Waals surface area contributed by atoms with Gasteiger partial charge in [0.1, 0.15) is 35.1 Å². The fourth-order valence-corrected chi connectivity index (χ4v) is 4.38. The Morgan fingerprint density at radius 1 is 1.05 bits per heavy atom. The fraction of sp³-hybridized carbons (Fsp3) is 0.0714. The molecule has 3 aromatic carbocycles. The van der Waals surface area contributed by atoms with Crippen LogP contribution >= 0.6 is 0 Å². The highest BCUT2D eigenvalue weighted by Crippen LogP contribution is 2.42. The van der Waals surface area contributed by atoms with Crippen LogP contribution in [0.25, 0.3) is 22.4 Å². The van der Waals surface area contributed by atoms with E-state index in [1.54, 1.807) is 30.3 Å². The number of aromatic nitrogens is 2. The molecule has 0 amide bonds. The summed E-state index contributed by atoms with van der Waals surface area (Å²) in [6, 6.07) is 18.6. The minimum Gasteiger partial charge on any atom is -0.480 e. The smallest absolute Gasteiger partial charge is 0.318 e. The monoisotopic (exact) mass is 496 g/mol. The Morgan fingerprint density at radius 3 is 2.43 bits per heavy atom. The highest BCUT2D eigenvalue weighted by molar-refractivity contribution is 6.07. The molecular formula is C28H18F2N4O3. The van der Waals surface area contributed by atoms with Gasteiger partial charge in [0, 0.05) is 23.4 Å². The van der Waals surface area contributed by atoms with Crippen LogP contribution in [0.3, 0.4) is 0 Å². The first-order chi connectivity index (χ1) is 17.9. The Bertz CT molecular complexity index is 1590. The predicted molar refractivity (Wildman–Crippen MR) is 131 cm³/mol. The molecule has 0 bridgehead atoms. The molecular weight excluding hydrogens is 478 g/mol. The number of halogens is 2. The lowest BCUT2D eigenvalue weighted by molar-refractivity contribution is -0.143. The maximum atomic E-state index is 15.0. The number of aliphatic carboxylic acids is 1. The van der Waals surface area contributed by atoms with Crippen LogP contribution in [0.1, 0.15) is 23.1 Å². The number of benzene rings is 3. The predicted octanol–water partition coefficient (Wildman–Crippen LogP) is 5.28. The van der Waals surface area contributed by atoms with Gasteiger partial charge in [0.05, 0.1) is 17.2 Å². The van der Waals surface area contributed by atoms with Crippen molar-refractivity contribution in [3.8, 4) is 28.5 Å². The molecule has 0 spiro atoms. The summed E-state index contributed by atoms with van der Waals surface area (Å²) in [6.45, 7) is 0. The van der Waals surface area contributed by atoms with Gasteiger partial charge in [0.2, 0.25) is 0 Å². The Balaban J connectivity index is 1.66. The van der Waals surface area contributed by atoms with E-state index in [0.29, 0.717) is 22.4 Å². The van der Waals surface area contributed by atoms with Gasteiger partial charge in [-0.1, -0.05) is 42.5 Å². The molecule has 9 heteroatoms. The van der Waals surface area contributed by atoms with Crippen LogP contribution in [0.15, 0.2) is 85.1 Å². The maximum Gasteiger partial charge on any atom is 0.318 e. The number of fused-ring (bicyclic) bond motifs is 1. The van der Waals surface area contributed by atoms with Crippen molar-refractivity contribution in [2.75, 3.05) is 5.32 Å². The van der Waals surface area contributed by atoms with E-state index in [4.69, 9.17) is 5.26 Å². The number of carbonyl (C=O) groups is 2. The zero-order chi connectivity index (χ0) is 26.1. The zero-order valence-corrected chi connectivity index (χ0v) is 19.1. The minimum absolute atomic E-state index is 0.0670. The molecule has 0 saturated heterocycles. The van der Waals surface area contributed by atoms with Crippen molar-refractivity contribution in [1.29, 1.82) is 5.26 Å². The van der Waals surface area contributed by atoms with Crippen molar-refractivity contribution in [2.24, 2.45) is 0 Å². The normalized spacial score (nSPS) is 14.8. The Labute approximate surface area is 209 Å². The van der Waals surface area contributed by atoms with Gasteiger partial charge < -0.3 is 10.4 Å². The van der Waals surface area contributed by atoms with E-state index in [-0.39, 0.29) is 16.9 Å². The summed E-state index contributed by atoms with van der Waals surface area (Å²) in [6.07, 6.45) is 2.94. The van der Waals surface area contributed by atoms with E-state index >= 15 is 0 Å². The highest BCUT2D eigenvalue weighted by atomic mass is 19.1. The molecule has 0 saturated carbocycles. The average molecular weight is 496 g/mol. The van der Waals surface area contributed by atoms with Crippen LogP contribution in [-0.4, -0.2) is 26.6 Å². The van der Waals surface area contributed by atoms with Crippen molar-refractivity contribution in [3.05, 3.63) is 108 Å². The minimum atomic E-state index is -1.54. The average Bonchev–Trinajstić information content (AvgIpc) is 3.29. The molecule has 37 heavy (non-hydrogen) atoms. The van der Waals surface area contributed by atoms with E-state index < -0.39 is 35.3 Å². The summed E-state index contributed by atoms with van der Waals surface area (Å²) in [7, 11) is 0. The van der Waals surface area contributed by atoms with Gasteiger partial charge in [0.15, 0.2) is 5.78 Å². The van der Waals surface area contributed by atoms with Crippen LogP contribution in [0.4, 0.5) is 14.6 Å². The molecule has 2 atom stereocenters. The van der Waals surface area contributed by atoms with Crippen molar-refractivity contribution < 1.29 is 23.5 Å². The molecule has 1 aliphatic heterocycles. The van der Waals surface area contributed by atoms with Gasteiger partial charge in [-0.25, -0.2) is 13.5 Å². The Hall–Kier alpha value is -5.10. The third kappa shape index (κ3) is 4.25. The van der Waals surface area contributed by atoms with Gasteiger partial charge in [0.25, 0.3) is 0 Å². The van der Waals surface area contributed by atoms with E-state index in [0.717, 1.165) is 12.1 Å². The Kier molecular flexibility index (Phi) is 6.07. The number of Topliss-reactive ketones (excluding diaryl/α,β-unsaturated/α-hetero) is 1. The highest BCUT2D eigenvalue weighted by Gasteiger charge is 2.37. The number of allylic oxidation sites excluding steroid dienone is 1. The second-order valence-corrected chi connectivity index (χ2v) is 8.36. The lowest BCUT2D eigenvalue weighted by atomic mass is 9.90. The van der Waals surface area contributed by atoms with Crippen LogP contribution < -0.4 is 5.32 Å². The zero-order valence-electron chi connectivity index (χ0n) is 19.1. The van der Waals surface area contributed by atoms with E-state index in [2.05, 4.69) is 10.4 Å². The van der Waals surface area contributed by atoms with Crippen molar-refractivity contribution in [2.45, 2.75) is 12.0 Å². The summed E-state index contributed by atoms with van der Waals surface area (Å²) in [4.78, 5) is 25.9. The molecule has 1 aliphatic rings. The topological polar surface area (TPSA) is 108 Å². The second-order valence-electron chi connectivity index (χ2n) is 8.36. The van der Waals surface area contributed by atoms with E-state index in [1.807, 2.05) is 6.07 Å². The molecule has 0 aliphatic carbocycles. The molecule has 0 radical (unpaired) electrons. The summed E-state index contributed by atoms with van der Waals surface area (Å²) < 4.78 is 30.0. The van der Waals surface area contributed by atoms with E-state index in [1.165, 1.54) is 47.3 Å². The molecule has 2 N–H and O–H groups in total. The maximum absolute atomic E-state index is 15.0. The van der Waals surface area contributed by atoms with Gasteiger partial charge >= 0.3 is 5.97 Å². The number of nitriles is 1. The summed E-state index contributed by atoms with van der Waals surface area (Å²) in [5.74, 6) is -4.87. The molecule has 0 fully saturated rings. The summed E-state index contributed by atoms with van der Waals surface area (Å²) in [5.41, 5.74) is 1.87. The number of nitrogens with one attached hydrogen (secondary N) is 1. The molecule has 1 aromatic heterocycles. The lowest BCUT2D eigenvalue weighted by Gasteiger charge is -2.23. The first kappa shape index (κ1) is 23.6. The molecule has 182 valence electrons. The summed E-state index contributed by atoms with van der Waals surface area (Å²) in [5, 5.41) is 26.6. The number of hydrogen-bond acceptors (Lipinski definition) is 5. The van der Waals surface area contributed by atoms with Crippen LogP contribution in [0.2, 0.25) is 0 Å². The molecule has 2 heterocycles. The van der Waals surface area contributed by atoms with Crippen LogP contribution in [-0.2, 0) is 9.59 Å². The van der Waals surface area contributed by atoms with Gasteiger partial charge in [-0.15, -0.1) is 0 Å². The summed E-state index contributed by atoms with van der Waals surface area (Å²) >= 11 is 0. The number of anilines is 1. The van der Waals surface area contributed by atoms with Crippen LogP contribution in [0, 0.1) is 23.0 Å². The second kappa shape index (κ2) is 9.51. The van der Waals surface area contributed by atoms with Crippen molar-refractivity contribution in [1.82, 2.24) is 9.78 Å². The first-order valence-electron chi connectivity index (χ1n) is 11.2. The van der Waals surface area contributed by atoms with Gasteiger partial charge in [-0.05, 0) is 35.9 Å². The number of hydrogen-bond donors (Lipinski definition) is 2. The quantitative estimate of drug-likeness (QED) is 0.352. The first-order valence-corrected chi connectivity index (χ1v) is 11.2. The van der Waals surface area contributed by atoms with Crippen molar-refractivity contribution >= 4 is 17.6 Å². The SMILES string of the molecule is N#Cc1ccc(C(C(=O)O)C(=O)C2C=CNc3c(-c4ccc(F)cc4F)c(-c4ccccc4)nn32)cc1. The fourth-order valence-electron chi connectivity index (χ4n) is 4.38. The number of ketones is 1. The number of rotatable bonds is 6. The Morgan fingerprint density at radius 2 is 1.78 bits per heavy atom. The third-order valence-electron chi connectivity index (χ3n) is 6.12. The van der Waals surface area contributed by atoms with Gasteiger partial charge in [-0.3, -0.25) is 9.59 Å². The molecule has 4 aromatic rings. The van der Waals surface area contributed by atoms with Crippen molar-refractivity contribution in [3.63, 3.8) is 0 Å². The number of nitrogens with zero attached hydrogens (tertiary/aromatic N) is 3. The molecule has 2 unspecified atom stereocenters.